The van der Waals surface area contributed by atoms with Gasteiger partial charge in [-0.1, -0.05) is 12.1 Å². The number of aromatic hydroxyl groups is 1. The standard InChI is InChI=1S/C9H11NO3.3C2H4O2.4Na/c10-8(9(12)13)5-6-1-3-7(11)4-2-6;3*1-2(3)4;;;;/h1-4,8,11H,5,10H2,(H,12,13);3*1H3,(H,3,4);;;;/q;;;;4*+1/p-4/t8-;;;;;;;/m0......./s1. The van der Waals surface area contributed by atoms with Crippen LogP contribution in [0.3, 0.4) is 0 Å². The molecule has 0 radical (unpaired) electrons. The third kappa shape index (κ3) is 58.5. The summed E-state index contributed by atoms with van der Waals surface area (Å²) in [4.78, 5) is 37.0. The van der Waals surface area contributed by atoms with Crippen molar-refractivity contribution in [2.45, 2.75) is 33.2 Å². The number of carboxylic acids is 4. The zero-order chi connectivity index (χ0) is 20.6. The number of phenols is 1. The Morgan fingerprint density at radius 1 is 0.793 bits per heavy atom. The van der Waals surface area contributed by atoms with Crippen LogP contribution >= 0.6 is 0 Å². The van der Waals surface area contributed by atoms with Crippen LogP contribution in [0.1, 0.15) is 26.3 Å². The molecule has 0 spiro atoms. The summed E-state index contributed by atoms with van der Waals surface area (Å²) in [7, 11) is 0. The van der Waals surface area contributed by atoms with Gasteiger partial charge in [0, 0.05) is 23.9 Å². The predicted molar refractivity (Wildman–Crippen MR) is 76.8 cm³/mol. The summed E-state index contributed by atoms with van der Waals surface area (Å²) in [5.74, 6) is -4.38. The Morgan fingerprint density at radius 2 is 1.03 bits per heavy atom. The Morgan fingerprint density at radius 3 is 1.24 bits per heavy atom. The number of benzene rings is 1. The Balaban J connectivity index is -0.0000000516. The van der Waals surface area contributed by atoms with Crippen LogP contribution in [-0.4, -0.2) is 35.0 Å². The second-order valence-corrected chi connectivity index (χ2v) is 4.27. The zero-order valence-electron chi connectivity index (χ0n) is 17.9. The van der Waals surface area contributed by atoms with Gasteiger partial charge in [-0.25, -0.2) is 0 Å². The van der Waals surface area contributed by atoms with Gasteiger partial charge in [0.1, 0.15) is 5.75 Å². The van der Waals surface area contributed by atoms with Crippen LogP contribution < -0.4 is 144 Å². The Hall–Kier alpha value is 0.860. The van der Waals surface area contributed by atoms with Gasteiger partial charge in [-0.05, 0) is 44.9 Å². The second kappa shape index (κ2) is 31.0. The van der Waals surface area contributed by atoms with Gasteiger partial charge in [0.2, 0.25) is 0 Å². The van der Waals surface area contributed by atoms with Crippen LogP contribution in [0.4, 0.5) is 0 Å². The first kappa shape index (κ1) is 47.6. The monoisotopic (exact) mass is 449 g/mol. The molecular formula is C15H19NNa4O9. The molecule has 0 aliphatic heterocycles. The molecule has 0 aliphatic carbocycles. The van der Waals surface area contributed by atoms with Gasteiger partial charge < -0.3 is 50.4 Å². The van der Waals surface area contributed by atoms with Crippen LogP contribution in [0.25, 0.3) is 0 Å². The van der Waals surface area contributed by atoms with Crippen molar-refractivity contribution in [2.24, 2.45) is 5.73 Å². The summed E-state index contributed by atoms with van der Waals surface area (Å²) in [5.41, 5.74) is 6.02. The summed E-state index contributed by atoms with van der Waals surface area (Å²) >= 11 is 0. The normalized spacial score (nSPS) is 8.14. The molecular weight excluding hydrogens is 430 g/mol. The molecule has 10 nitrogen and oxygen atoms in total. The number of carboxylic acid groups (broad SMARTS) is 4. The van der Waals surface area contributed by atoms with E-state index in [1.54, 1.807) is 12.1 Å². The SMILES string of the molecule is CC(=O)[O-].CC(=O)[O-].CC(=O)[O-].N[C@@H](Cc1ccc(O)cc1)C(=O)[O-].[Na+].[Na+].[Na+].[Na+]. The first-order valence-electron chi connectivity index (χ1n) is 6.56. The van der Waals surface area contributed by atoms with Gasteiger partial charge in [0.25, 0.3) is 0 Å². The van der Waals surface area contributed by atoms with Crippen LogP contribution in [0.2, 0.25) is 0 Å². The fraction of sp³-hybridized carbons (Fsp3) is 0.333. The Bertz CT molecular complexity index is 517. The molecule has 0 unspecified atom stereocenters. The molecule has 1 aromatic carbocycles. The van der Waals surface area contributed by atoms with Crippen molar-refractivity contribution in [1.82, 2.24) is 0 Å². The van der Waals surface area contributed by atoms with Crippen molar-refractivity contribution in [3.05, 3.63) is 29.8 Å². The van der Waals surface area contributed by atoms with Gasteiger partial charge in [-0.15, -0.1) is 0 Å². The molecule has 0 saturated heterocycles. The van der Waals surface area contributed by atoms with Crippen molar-refractivity contribution in [1.29, 1.82) is 0 Å². The topological polar surface area (TPSA) is 207 Å². The van der Waals surface area contributed by atoms with Gasteiger partial charge in [0.05, 0.1) is 5.97 Å². The average molecular weight is 449 g/mol. The van der Waals surface area contributed by atoms with E-state index in [4.69, 9.17) is 40.5 Å². The van der Waals surface area contributed by atoms with E-state index >= 15 is 0 Å². The third-order valence-corrected chi connectivity index (χ3v) is 1.69. The van der Waals surface area contributed by atoms with E-state index < -0.39 is 29.9 Å². The molecule has 142 valence electrons. The minimum absolute atomic E-state index is 0. The van der Waals surface area contributed by atoms with Crippen LogP contribution in [0, 0.1) is 0 Å². The van der Waals surface area contributed by atoms with Crippen molar-refractivity contribution >= 4 is 23.9 Å². The molecule has 1 atom stereocenters. The van der Waals surface area contributed by atoms with E-state index in [1.165, 1.54) is 12.1 Å². The zero-order valence-corrected chi connectivity index (χ0v) is 25.9. The molecule has 29 heavy (non-hydrogen) atoms. The fourth-order valence-corrected chi connectivity index (χ4v) is 0.969. The van der Waals surface area contributed by atoms with Crippen LogP contribution in [0.5, 0.6) is 5.75 Å². The molecule has 0 bridgehead atoms. The van der Waals surface area contributed by atoms with Crippen molar-refractivity contribution in [3.8, 4) is 5.75 Å². The van der Waals surface area contributed by atoms with Crippen LogP contribution in [0.15, 0.2) is 24.3 Å². The summed E-state index contributed by atoms with van der Waals surface area (Å²) in [6.45, 7) is 2.92. The first-order valence-corrected chi connectivity index (χ1v) is 6.56. The maximum absolute atomic E-state index is 10.3. The third-order valence-electron chi connectivity index (χ3n) is 1.69. The van der Waals surface area contributed by atoms with Gasteiger partial charge in [-0.2, -0.15) is 0 Å². The minimum Gasteiger partial charge on any atom is -0.550 e. The maximum Gasteiger partial charge on any atom is 1.00 e. The average Bonchev–Trinajstić information content (AvgIpc) is 2.39. The number of carbonyl (C=O) groups is 4. The number of hydrogen-bond donors (Lipinski definition) is 2. The van der Waals surface area contributed by atoms with Gasteiger partial charge >= 0.3 is 118 Å². The number of carbonyl (C=O) groups excluding carboxylic acids is 4. The number of phenolic OH excluding ortho intramolecular Hbond substituents is 1. The molecule has 0 aromatic heterocycles. The molecule has 14 heteroatoms. The Labute approximate surface area is 257 Å². The smallest absolute Gasteiger partial charge is 0.550 e. The van der Waals surface area contributed by atoms with E-state index in [1.807, 2.05) is 0 Å². The molecule has 1 aromatic rings. The largest absolute Gasteiger partial charge is 1.00 e. The second-order valence-electron chi connectivity index (χ2n) is 4.27. The quantitative estimate of drug-likeness (QED) is 0.417. The van der Waals surface area contributed by atoms with Crippen LogP contribution in [-0.2, 0) is 25.6 Å². The molecule has 0 heterocycles. The van der Waals surface area contributed by atoms with E-state index in [0.29, 0.717) is 0 Å². The summed E-state index contributed by atoms with van der Waals surface area (Å²) in [6, 6.07) is 5.22. The number of hydrogen-bond acceptors (Lipinski definition) is 10. The summed E-state index contributed by atoms with van der Waals surface area (Å²) in [5, 5.41) is 45.9. The van der Waals surface area contributed by atoms with E-state index in [2.05, 4.69) is 0 Å². The van der Waals surface area contributed by atoms with E-state index in [-0.39, 0.29) is 130 Å². The number of nitrogens with two attached hydrogens (primary N) is 1. The molecule has 0 saturated carbocycles. The van der Waals surface area contributed by atoms with Gasteiger partial charge in [0.15, 0.2) is 0 Å². The Kier molecular flexibility index (Phi) is 51.0. The fourth-order valence-electron chi connectivity index (χ4n) is 0.969. The molecule has 3 N–H and O–H groups in total. The summed E-state index contributed by atoms with van der Waals surface area (Å²) in [6.07, 6.45) is 0.211. The maximum atomic E-state index is 10.3. The molecule has 0 amide bonds. The number of rotatable bonds is 3. The summed E-state index contributed by atoms with van der Waals surface area (Å²) < 4.78 is 0. The van der Waals surface area contributed by atoms with Crippen molar-refractivity contribution < 1.29 is 163 Å². The number of aliphatic carboxylic acids is 4. The molecule has 0 fully saturated rings. The molecule has 0 aliphatic rings. The molecule has 1 rings (SSSR count). The minimum atomic E-state index is -1.27. The van der Waals surface area contributed by atoms with Crippen molar-refractivity contribution in [3.63, 3.8) is 0 Å². The van der Waals surface area contributed by atoms with E-state index in [9.17, 15) is 9.90 Å². The van der Waals surface area contributed by atoms with E-state index in [0.717, 1.165) is 26.3 Å². The van der Waals surface area contributed by atoms with Crippen molar-refractivity contribution in [2.75, 3.05) is 0 Å². The van der Waals surface area contributed by atoms with Gasteiger partial charge in [-0.3, -0.25) is 0 Å². The predicted octanol–water partition coefficient (Wildman–Crippen LogP) is -16.7. The first-order chi connectivity index (χ1) is 11.3.